The third kappa shape index (κ3) is 4.02. The molecule has 0 fully saturated rings. The van der Waals surface area contributed by atoms with Gasteiger partial charge in [-0.15, -0.1) is 11.3 Å². The van der Waals surface area contributed by atoms with Gasteiger partial charge in [-0.25, -0.2) is 9.37 Å². The first-order valence-electron chi connectivity index (χ1n) is 10.4. The maximum atomic E-state index is 13.9. The number of amides is 1. The van der Waals surface area contributed by atoms with Crippen LogP contribution in [0.25, 0.3) is 15.9 Å². The van der Waals surface area contributed by atoms with E-state index in [2.05, 4.69) is 4.98 Å². The third-order valence-corrected chi connectivity index (χ3v) is 7.27. The molecule has 0 saturated heterocycles. The number of carbonyl (C=O) groups is 1. The Hall–Kier alpha value is -3.17. The molecule has 9 heteroatoms. The van der Waals surface area contributed by atoms with Gasteiger partial charge < -0.3 is 9.64 Å². The number of benzene rings is 2. The van der Waals surface area contributed by atoms with Crippen LogP contribution in [0.5, 0.6) is 5.75 Å². The molecule has 0 spiro atoms. The molecule has 168 valence electrons. The molecule has 0 N–H and O–H groups in total. The Morgan fingerprint density at radius 2 is 2.06 bits per heavy atom. The summed E-state index contributed by atoms with van der Waals surface area (Å²) in [7, 11) is 0. The van der Waals surface area contributed by atoms with Crippen molar-refractivity contribution in [2.24, 2.45) is 0 Å². The summed E-state index contributed by atoms with van der Waals surface area (Å²) in [5.41, 5.74) is 3.09. The molecule has 4 aromatic rings. The van der Waals surface area contributed by atoms with Crippen LogP contribution >= 0.6 is 23.1 Å². The molecule has 33 heavy (non-hydrogen) atoms. The highest BCUT2D eigenvalue weighted by atomic mass is 32.2. The van der Waals surface area contributed by atoms with Crippen molar-refractivity contribution in [3.05, 3.63) is 75.1 Å². The number of thioether (sulfide) groups is 1. The Kier molecular flexibility index (Phi) is 5.67. The highest BCUT2D eigenvalue weighted by Gasteiger charge is 2.25. The number of rotatable bonds is 4. The first kappa shape index (κ1) is 21.7. The van der Waals surface area contributed by atoms with Crippen LogP contribution in [0.2, 0.25) is 0 Å². The van der Waals surface area contributed by atoms with E-state index in [0.717, 1.165) is 11.3 Å². The second kappa shape index (κ2) is 8.64. The molecular formula is C24H20FN3O3S2. The first-order valence-corrected chi connectivity index (χ1v) is 12.2. The second-order valence-electron chi connectivity index (χ2n) is 7.76. The van der Waals surface area contributed by atoms with Crippen molar-refractivity contribution in [3.8, 4) is 11.4 Å². The molecule has 6 nitrogen and oxygen atoms in total. The maximum Gasteiger partial charge on any atom is 0.276 e. The number of ether oxygens (including phenoxy) is 1. The Morgan fingerprint density at radius 3 is 2.88 bits per heavy atom. The molecular weight excluding hydrogens is 461 g/mol. The van der Waals surface area contributed by atoms with Crippen molar-refractivity contribution in [1.29, 1.82) is 0 Å². The van der Waals surface area contributed by atoms with E-state index < -0.39 is 0 Å². The number of hydrogen-bond donors (Lipinski definition) is 0. The molecule has 0 radical (unpaired) electrons. The molecule has 0 aliphatic carbocycles. The van der Waals surface area contributed by atoms with E-state index in [-0.39, 0.29) is 23.0 Å². The number of nitrogens with zero attached hydrogens (tertiary/aromatic N) is 3. The predicted molar refractivity (Wildman–Crippen MR) is 130 cm³/mol. The Labute approximate surface area is 197 Å². The minimum absolute atomic E-state index is 0.0929. The lowest BCUT2D eigenvalue weighted by molar-refractivity contribution is -0.116. The van der Waals surface area contributed by atoms with E-state index in [9.17, 15) is 14.0 Å². The summed E-state index contributed by atoms with van der Waals surface area (Å²) >= 11 is 2.51. The van der Waals surface area contributed by atoms with Crippen molar-refractivity contribution in [1.82, 2.24) is 9.55 Å². The van der Waals surface area contributed by atoms with Crippen molar-refractivity contribution in [2.45, 2.75) is 19.0 Å². The topological polar surface area (TPSA) is 64.4 Å². The fourth-order valence-corrected chi connectivity index (χ4v) is 5.42. The maximum absolute atomic E-state index is 13.9. The van der Waals surface area contributed by atoms with Gasteiger partial charge in [0, 0.05) is 0 Å². The second-order valence-corrected chi connectivity index (χ2v) is 9.62. The Morgan fingerprint density at radius 1 is 1.21 bits per heavy atom. The number of halogens is 1. The highest BCUT2D eigenvalue weighted by molar-refractivity contribution is 7.99. The monoisotopic (exact) mass is 481 g/mol. The minimum Gasteiger partial charge on any atom is -0.490 e. The van der Waals surface area contributed by atoms with E-state index >= 15 is 0 Å². The predicted octanol–water partition coefficient (Wildman–Crippen LogP) is 4.72. The normalized spacial score (nSPS) is 13.1. The van der Waals surface area contributed by atoms with Crippen LogP contribution in [0.4, 0.5) is 10.1 Å². The van der Waals surface area contributed by atoms with Crippen LogP contribution in [-0.4, -0.2) is 34.4 Å². The lowest BCUT2D eigenvalue weighted by Crippen LogP contribution is -2.39. The van der Waals surface area contributed by atoms with Crippen molar-refractivity contribution in [3.63, 3.8) is 0 Å². The summed E-state index contributed by atoms with van der Waals surface area (Å²) in [4.78, 5) is 32.8. The molecule has 0 unspecified atom stereocenters. The number of aromatic nitrogens is 2. The Bertz CT molecular complexity index is 1450. The number of aryl methyl sites for hydroxylation is 2. The van der Waals surface area contributed by atoms with Crippen LogP contribution in [0, 0.1) is 19.7 Å². The van der Waals surface area contributed by atoms with Crippen molar-refractivity contribution in [2.75, 3.05) is 23.8 Å². The lowest BCUT2D eigenvalue weighted by Gasteiger charge is -2.29. The summed E-state index contributed by atoms with van der Waals surface area (Å²) in [6, 6.07) is 12.0. The van der Waals surface area contributed by atoms with Gasteiger partial charge in [0.2, 0.25) is 5.91 Å². The highest BCUT2D eigenvalue weighted by Crippen LogP contribution is 2.33. The van der Waals surface area contributed by atoms with Gasteiger partial charge in [-0.1, -0.05) is 17.8 Å². The van der Waals surface area contributed by atoms with E-state index in [1.807, 2.05) is 30.5 Å². The van der Waals surface area contributed by atoms with E-state index in [1.54, 1.807) is 30.0 Å². The standard InChI is InChI=1S/C24H20FN3O3S2/c1-14-3-6-20-19(11-14)27(8-9-31-20)21(29)13-33-24-26-18-7-10-32-22(18)23(30)28(24)16-4-5-17(25)15(2)12-16/h3-7,10-12H,8-9,13H2,1-2H3. The number of fused-ring (bicyclic) bond motifs is 2. The van der Waals surface area contributed by atoms with E-state index in [0.29, 0.717) is 45.5 Å². The van der Waals surface area contributed by atoms with E-state index in [1.165, 1.54) is 33.7 Å². The summed E-state index contributed by atoms with van der Waals surface area (Å²) in [5.74, 6) is 0.330. The molecule has 0 bridgehead atoms. The zero-order valence-corrected chi connectivity index (χ0v) is 19.6. The van der Waals surface area contributed by atoms with Gasteiger partial charge in [0.15, 0.2) is 5.16 Å². The van der Waals surface area contributed by atoms with Gasteiger partial charge in [0.1, 0.15) is 22.9 Å². The third-order valence-electron chi connectivity index (χ3n) is 5.45. The molecule has 1 aliphatic rings. The molecule has 1 amide bonds. The first-order chi connectivity index (χ1) is 15.9. The number of hydrogen-bond acceptors (Lipinski definition) is 6. The Balaban J connectivity index is 1.50. The molecule has 2 aromatic carbocycles. The number of thiophene rings is 1. The molecule has 0 saturated carbocycles. The summed E-state index contributed by atoms with van der Waals surface area (Å²) in [5, 5.41) is 2.20. The largest absolute Gasteiger partial charge is 0.490 e. The van der Waals surface area contributed by atoms with E-state index in [4.69, 9.17) is 4.74 Å². The van der Waals surface area contributed by atoms with Gasteiger partial charge >= 0.3 is 0 Å². The lowest BCUT2D eigenvalue weighted by atomic mass is 10.1. The van der Waals surface area contributed by atoms with Gasteiger partial charge in [0.25, 0.3) is 5.56 Å². The fraction of sp³-hybridized carbons (Fsp3) is 0.208. The van der Waals surface area contributed by atoms with Crippen molar-refractivity contribution < 1.29 is 13.9 Å². The molecule has 0 atom stereocenters. The summed E-state index contributed by atoms with van der Waals surface area (Å²) in [6.07, 6.45) is 0. The van der Waals surface area contributed by atoms with Crippen LogP contribution in [-0.2, 0) is 4.79 Å². The smallest absolute Gasteiger partial charge is 0.276 e. The molecule has 3 heterocycles. The van der Waals surface area contributed by atoms with Crippen LogP contribution < -0.4 is 15.2 Å². The zero-order chi connectivity index (χ0) is 23.1. The van der Waals surface area contributed by atoms with Crippen LogP contribution in [0.15, 0.2) is 57.8 Å². The average molecular weight is 482 g/mol. The summed E-state index contributed by atoms with van der Waals surface area (Å²) < 4.78 is 21.5. The minimum atomic E-state index is -0.345. The van der Waals surface area contributed by atoms with Crippen molar-refractivity contribution >= 4 is 44.9 Å². The van der Waals surface area contributed by atoms with Gasteiger partial charge in [-0.05, 0) is 66.8 Å². The molecule has 5 rings (SSSR count). The SMILES string of the molecule is Cc1ccc2c(c1)N(C(=O)CSc1nc3ccsc3c(=O)n1-c1ccc(F)c(C)c1)CCO2. The average Bonchev–Trinajstić information content (AvgIpc) is 3.28. The van der Waals surface area contributed by atoms with Gasteiger partial charge in [0.05, 0.1) is 29.2 Å². The van der Waals surface area contributed by atoms with Gasteiger partial charge in [-0.3, -0.25) is 14.2 Å². The quantitative estimate of drug-likeness (QED) is 0.312. The molecule has 1 aliphatic heterocycles. The number of carbonyl (C=O) groups excluding carboxylic acids is 1. The van der Waals surface area contributed by atoms with Crippen LogP contribution in [0.1, 0.15) is 11.1 Å². The molecule has 2 aromatic heterocycles. The summed E-state index contributed by atoms with van der Waals surface area (Å²) in [6.45, 7) is 4.49. The fourth-order valence-electron chi connectivity index (χ4n) is 3.78. The van der Waals surface area contributed by atoms with Gasteiger partial charge in [-0.2, -0.15) is 0 Å². The van der Waals surface area contributed by atoms with Crippen LogP contribution in [0.3, 0.4) is 0 Å². The number of anilines is 1. The zero-order valence-electron chi connectivity index (χ0n) is 18.0.